The summed E-state index contributed by atoms with van der Waals surface area (Å²) in [5, 5.41) is 11.8. The molecular formula is C28H32N2O4. The van der Waals surface area contributed by atoms with Crippen molar-refractivity contribution in [2.24, 2.45) is 5.92 Å². The molecule has 6 nitrogen and oxygen atoms in total. The molecule has 0 bridgehead atoms. The van der Waals surface area contributed by atoms with E-state index in [0.29, 0.717) is 18.0 Å². The lowest BCUT2D eigenvalue weighted by molar-refractivity contribution is -0.119. The van der Waals surface area contributed by atoms with E-state index in [4.69, 9.17) is 9.47 Å². The van der Waals surface area contributed by atoms with E-state index >= 15 is 0 Å². The number of amides is 1. The maximum absolute atomic E-state index is 13.4. The van der Waals surface area contributed by atoms with Crippen LogP contribution >= 0.6 is 0 Å². The Balaban J connectivity index is 1.82. The average molecular weight is 461 g/mol. The van der Waals surface area contributed by atoms with Crippen molar-refractivity contribution in [3.63, 3.8) is 0 Å². The molecule has 1 aromatic heterocycles. The smallest absolute Gasteiger partial charge is 0.227 e. The molecule has 178 valence electrons. The highest BCUT2D eigenvalue weighted by Gasteiger charge is 2.22. The zero-order chi connectivity index (χ0) is 24.2. The van der Waals surface area contributed by atoms with Crippen molar-refractivity contribution in [3.8, 4) is 11.5 Å². The number of aryl methyl sites for hydroxylation is 1. The third-order valence-corrected chi connectivity index (χ3v) is 6.34. The molecule has 0 saturated heterocycles. The SMILES string of the molecule is CCn1c2ccccc2c2cc(N(Cc3ccc(OC)cc3OC)C(=O)CC(C)CO)ccc21. The van der Waals surface area contributed by atoms with E-state index in [1.165, 1.54) is 10.9 Å². The minimum Gasteiger partial charge on any atom is -0.497 e. The first kappa shape index (κ1) is 23.6. The highest BCUT2D eigenvalue weighted by Crippen LogP contribution is 2.34. The number of nitrogens with zero attached hydrogens (tertiary/aromatic N) is 2. The molecule has 0 radical (unpaired) electrons. The van der Waals surface area contributed by atoms with E-state index in [9.17, 15) is 9.90 Å². The number of anilines is 1. The summed E-state index contributed by atoms with van der Waals surface area (Å²) < 4.78 is 13.2. The van der Waals surface area contributed by atoms with Crippen LogP contribution in [0.25, 0.3) is 21.8 Å². The number of methoxy groups -OCH3 is 2. The van der Waals surface area contributed by atoms with Crippen LogP contribution in [0.5, 0.6) is 11.5 Å². The molecule has 1 atom stereocenters. The number of carbonyl (C=O) groups is 1. The Hall–Kier alpha value is -3.51. The van der Waals surface area contributed by atoms with E-state index in [1.807, 2.05) is 37.3 Å². The molecule has 1 amide bonds. The summed E-state index contributed by atoms with van der Waals surface area (Å²) in [4.78, 5) is 15.2. The first-order valence-electron chi connectivity index (χ1n) is 11.6. The highest BCUT2D eigenvalue weighted by atomic mass is 16.5. The zero-order valence-electron chi connectivity index (χ0n) is 20.2. The fraction of sp³-hybridized carbons (Fsp3) is 0.321. The fourth-order valence-corrected chi connectivity index (χ4v) is 4.50. The molecule has 6 heteroatoms. The summed E-state index contributed by atoms with van der Waals surface area (Å²) in [5.41, 5.74) is 4.02. The molecule has 0 aliphatic rings. The number of hydrogen-bond donors (Lipinski definition) is 1. The van der Waals surface area contributed by atoms with Gasteiger partial charge in [-0.3, -0.25) is 4.79 Å². The number of aliphatic hydroxyl groups is 1. The number of benzene rings is 3. The summed E-state index contributed by atoms with van der Waals surface area (Å²) in [5.74, 6) is 1.19. The molecule has 3 aromatic carbocycles. The van der Waals surface area contributed by atoms with Crippen molar-refractivity contribution < 1.29 is 19.4 Å². The monoisotopic (exact) mass is 460 g/mol. The van der Waals surface area contributed by atoms with Gasteiger partial charge in [-0.1, -0.05) is 25.1 Å². The lowest BCUT2D eigenvalue weighted by atomic mass is 10.1. The van der Waals surface area contributed by atoms with Gasteiger partial charge in [0.2, 0.25) is 5.91 Å². The number of ether oxygens (including phenoxy) is 2. The second kappa shape index (κ2) is 10.2. The van der Waals surface area contributed by atoms with Gasteiger partial charge in [0.05, 0.1) is 20.8 Å². The van der Waals surface area contributed by atoms with Gasteiger partial charge in [-0.25, -0.2) is 0 Å². The molecule has 0 aliphatic heterocycles. The predicted octanol–water partition coefficient (Wildman–Crippen LogP) is 5.38. The summed E-state index contributed by atoms with van der Waals surface area (Å²) in [6, 6.07) is 20.2. The molecular weight excluding hydrogens is 428 g/mol. The van der Waals surface area contributed by atoms with Gasteiger partial charge < -0.3 is 24.0 Å². The Morgan fingerprint density at radius 3 is 2.47 bits per heavy atom. The van der Waals surface area contributed by atoms with Gasteiger partial charge in [0.1, 0.15) is 11.5 Å². The Morgan fingerprint density at radius 2 is 1.76 bits per heavy atom. The molecule has 4 rings (SSSR count). The van der Waals surface area contributed by atoms with Crippen LogP contribution in [0.2, 0.25) is 0 Å². The third kappa shape index (κ3) is 4.46. The molecule has 1 unspecified atom stereocenters. The third-order valence-electron chi connectivity index (χ3n) is 6.34. The van der Waals surface area contributed by atoms with Crippen molar-refractivity contribution in [2.75, 3.05) is 25.7 Å². The van der Waals surface area contributed by atoms with Crippen LogP contribution in [0.1, 0.15) is 25.8 Å². The van der Waals surface area contributed by atoms with E-state index < -0.39 is 0 Å². The number of rotatable bonds is 9. The lowest BCUT2D eigenvalue weighted by Gasteiger charge is -2.25. The first-order valence-corrected chi connectivity index (χ1v) is 11.6. The maximum Gasteiger partial charge on any atom is 0.227 e. The van der Waals surface area contributed by atoms with Crippen LogP contribution < -0.4 is 14.4 Å². The van der Waals surface area contributed by atoms with Gasteiger partial charge >= 0.3 is 0 Å². The van der Waals surface area contributed by atoms with Crippen molar-refractivity contribution in [1.29, 1.82) is 0 Å². The Kier molecular flexibility index (Phi) is 7.08. The number of hydrogen-bond acceptors (Lipinski definition) is 4. The second-order valence-corrected chi connectivity index (χ2v) is 8.61. The number of aliphatic hydroxyl groups excluding tert-OH is 1. The van der Waals surface area contributed by atoms with E-state index in [0.717, 1.165) is 28.7 Å². The molecule has 0 aliphatic carbocycles. The van der Waals surface area contributed by atoms with E-state index in [2.05, 4.69) is 41.8 Å². The summed E-state index contributed by atoms with van der Waals surface area (Å²) in [6.07, 6.45) is 0.254. The van der Waals surface area contributed by atoms with Crippen LogP contribution in [-0.2, 0) is 17.9 Å². The van der Waals surface area contributed by atoms with Gasteiger partial charge in [0.15, 0.2) is 0 Å². The maximum atomic E-state index is 13.4. The second-order valence-electron chi connectivity index (χ2n) is 8.61. The van der Waals surface area contributed by atoms with Crippen LogP contribution in [-0.4, -0.2) is 36.4 Å². The highest BCUT2D eigenvalue weighted by molar-refractivity contribution is 6.10. The van der Waals surface area contributed by atoms with Gasteiger partial charge in [-0.15, -0.1) is 0 Å². The quantitative estimate of drug-likeness (QED) is 0.364. The molecule has 0 spiro atoms. The lowest BCUT2D eigenvalue weighted by Crippen LogP contribution is -2.32. The normalized spacial score (nSPS) is 12.1. The van der Waals surface area contributed by atoms with Crippen molar-refractivity contribution in [1.82, 2.24) is 4.57 Å². The fourth-order valence-electron chi connectivity index (χ4n) is 4.50. The van der Waals surface area contributed by atoms with Gasteiger partial charge in [-0.05, 0) is 49.2 Å². The number of carbonyl (C=O) groups excluding carboxylic acids is 1. The molecule has 34 heavy (non-hydrogen) atoms. The van der Waals surface area contributed by atoms with E-state index in [1.54, 1.807) is 19.1 Å². The topological polar surface area (TPSA) is 63.9 Å². The van der Waals surface area contributed by atoms with Gasteiger partial charge in [0.25, 0.3) is 0 Å². The van der Waals surface area contributed by atoms with Crippen LogP contribution in [0, 0.1) is 5.92 Å². The molecule has 1 heterocycles. The van der Waals surface area contributed by atoms with Crippen molar-refractivity contribution in [2.45, 2.75) is 33.4 Å². The van der Waals surface area contributed by atoms with Gasteiger partial charge in [-0.2, -0.15) is 0 Å². The van der Waals surface area contributed by atoms with Crippen molar-refractivity contribution in [3.05, 3.63) is 66.2 Å². The minimum absolute atomic E-state index is 0.0333. The van der Waals surface area contributed by atoms with Gasteiger partial charge in [0, 0.05) is 58.7 Å². The number of para-hydroxylation sites is 1. The minimum atomic E-state index is -0.126. The van der Waals surface area contributed by atoms with Crippen LogP contribution in [0.15, 0.2) is 60.7 Å². The zero-order valence-corrected chi connectivity index (χ0v) is 20.2. The largest absolute Gasteiger partial charge is 0.497 e. The Morgan fingerprint density at radius 1 is 1.00 bits per heavy atom. The number of aromatic nitrogens is 1. The summed E-state index contributed by atoms with van der Waals surface area (Å²) in [6.45, 7) is 5.20. The molecule has 0 fully saturated rings. The molecule has 4 aromatic rings. The average Bonchev–Trinajstić information content (AvgIpc) is 3.19. The van der Waals surface area contributed by atoms with E-state index in [-0.39, 0.29) is 24.9 Å². The Bertz CT molecular complexity index is 1310. The molecule has 0 saturated carbocycles. The Labute approximate surface area is 200 Å². The first-order chi connectivity index (χ1) is 16.5. The van der Waals surface area contributed by atoms with Crippen LogP contribution in [0.3, 0.4) is 0 Å². The number of fused-ring (bicyclic) bond motifs is 3. The molecule has 1 N–H and O–H groups in total. The predicted molar refractivity (Wildman–Crippen MR) is 137 cm³/mol. The van der Waals surface area contributed by atoms with Crippen molar-refractivity contribution >= 4 is 33.4 Å². The standard InChI is InChI=1S/C28H32N2O4/c1-5-29-25-9-7-6-8-23(25)24-15-21(11-13-26(24)29)30(28(32)14-19(2)18-31)17-20-10-12-22(33-3)16-27(20)34-4/h6-13,15-16,19,31H,5,14,17-18H2,1-4H3. The van der Waals surface area contributed by atoms with Crippen LogP contribution in [0.4, 0.5) is 5.69 Å². The summed E-state index contributed by atoms with van der Waals surface area (Å²) >= 11 is 0. The summed E-state index contributed by atoms with van der Waals surface area (Å²) in [7, 11) is 3.23.